The first kappa shape index (κ1) is 20.4. The van der Waals surface area contributed by atoms with E-state index in [2.05, 4.69) is 9.88 Å². The number of hydrogen-bond acceptors (Lipinski definition) is 11. The molecule has 0 radical (unpaired) electrons. The molecule has 2 aromatic carbocycles. The molecule has 0 unspecified atom stereocenters. The van der Waals surface area contributed by atoms with Gasteiger partial charge in [0.25, 0.3) is 5.69 Å². The first-order chi connectivity index (χ1) is 13.4. The summed E-state index contributed by atoms with van der Waals surface area (Å²) >= 11 is 0. The van der Waals surface area contributed by atoms with Crippen molar-refractivity contribution in [3.8, 4) is 17.2 Å². The van der Waals surface area contributed by atoms with Gasteiger partial charge in [-0.1, -0.05) is 4.99 Å². The molecule has 0 fully saturated rings. The smallest absolute Gasteiger partial charge is 0.418 e. The van der Waals surface area contributed by atoms with Crippen LogP contribution in [-0.2, 0) is 21.2 Å². The molecule has 3 N–H and O–H groups in total. The lowest BCUT2D eigenvalue weighted by Crippen LogP contribution is -2.26. The summed E-state index contributed by atoms with van der Waals surface area (Å²) in [5, 5.41) is 20.0. The van der Waals surface area contributed by atoms with E-state index in [0.29, 0.717) is 6.29 Å². The quantitative estimate of drug-likeness (QED) is 0.128. The third-order valence-corrected chi connectivity index (χ3v) is 3.25. The summed E-state index contributed by atoms with van der Waals surface area (Å²) in [4.78, 5) is 53.4. The molecule has 0 aliphatic carbocycles. The van der Waals surface area contributed by atoms with Gasteiger partial charge < -0.3 is 19.5 Å². The van der Waals surface area contributed by atoms with Gasteiger partial charge in [-0.15, -0.1) is 0 Å². The molecule has 0 aliphatic rings. The first-order valence-corrected chi connectivity index (χ1v) is 7.34. The first-order valence-electron chi connectivity index (χ1n) is 7.34. The van der Waals surface area contributed by atoms with Crippen LogP contribution in [0.25, 0.3) is 0 Å². The maximum Gasteiger partial charge on any atom is 0.423 e. The molecular formula is C16H12N2O10. The molecule has 2 aromatic rings. The van der Waals surface area contributed by atoms with Crippen molar-refractivity contribution < 1.29 is 43.8 Å². The maximum absolute atomic E-state index is 11.9. The van der Waals surface area contributed by atoms with Crippen LogP contribution in [0.3, 0.4) is 0 Å². The van der Waals surface area contributed by atoms with Gasteiger partial charge in [-0.05, 0) is 24.3 Å². The van der Waals surface area contributed by atoms with Crippen molar-refractivity contribution >= 4 is 23.9 Å². The standard InChI is InChI=1S/C16H12N2O10/c17-28-27-12-2-4-14(10(6-12)8-20)26-16(22)15(21)25-13-3-1-11(18(23)24)5-9(13)7-19/h1-6,8,19H,7,17H2. The SMILES string of the molecule is NOOc1ccc(OC(=O)C(=O)Oc2ccc([N+](=O)[O-])cc2CO)c(C=O)c1. The molecule has 0 saturated carbocycles. The lowest BCUT2D eigenvalue weighted by atomic mass is 10.2. The van der Waals surface area contributed by atoms with Crippen LogP contribution >= 0.6 is 0 Å². The lowest BCUT2D eigenvalue weighted by Gasteiger charge is -2.09. The minimum absolute atomic E-state index is 0.0328. The van der Waals surface area contributed by atoms with E-state index >= 15 is 0 Å². The Kier molecular flexibility index (Phi) is 6.70. The van der Waals surface area contributed by atoms with Gasteiger partial charge in [-0.2, -0.15) is 5.90 Å². The molecule has 28 heavy (non-hydrogen) atoms. The largest absolute Gasteiger partial charge is 0.423 e. The Morgan fingerprint density at radius 1 is 1.11 bits per heavy atom. The third kappa shape index (κ3) is 4.85. The number of rotatable bonds is 7. The van der Waals surface area contributed by atoms with Gasteiger partial charge in [-0.25, -0.2) is 9.59 Å². The van der Waals surface area contributed by atoms with Crippen LogP contribution in [0.1, 0.15) is 15.9 Å². The van der Waals surface area contributed by atoms with Gasteiger partial charge in [0.1, 0.15) is 11.5 Å². The minimum atomic E-state index is -1.48. The highest BCUT2D eigenvalue weighted by atomic mass is 17.3. The number of aldehydes is 1. The Morgan fingerprint density at radius 2 is 1.75 bits per heavy atom. The molecule has 146 valence electrons. The molecule has 0 amide bonds. The lowest BCUT2D eigenvalue weighted by molar-refractivity contribution is -0.385. The fraction of sp³-hybridized carbons (Fsp3) is 0.0625. The summed E-state index contributed by atoms with van der Waals surface area (Å²) in [5.74, 6) is 1.26. The van der Waals surface area contributed by atoms with Crippen molar-refractivity contribution in [2.24, 2.45) is 5.90 Å². The fourth-order valence-corrected chi connectivity index (χ4v) is 2.00. The van der Waals surface area contributed by atoms with Crippen molar-refractivity contribution in [3.05, 3.63) is 57.6 Å². The van der Waals surface area contributed by atoms with Crippen LogP contribution in [0, 0.1) is 10.1 Å². The Balaban J connectivity index is 2.14. The number of nitrogens with zero attached hydrogens (tertiary/aromatic N) is 1. The number of esters is 2. The molecular weight excluding hydrogens is 380 g/mol. The van der Waals surface area contributed by atoms with Crippen LogP contribution in [-0.4, -0.2) is 28.3 Å². The van der Waals surface area contributed by atoms with E-state index in [4.69, 9.17) is 15.4 Å². The minimum Gasteiger partial charge on any atom is -0.418 e. The second-order valence-corrected chi connectivity index (χ2v) is 4.98. The number of aliphatic hydroxyl groups excluding tert-OH is 1. The highest BCUT2D eigenvalue weighted by molar-refractivity contribution is 6.31. The second-order valence-electron chi connectivity index (χ2n) is 4.98. The molecule has 0 heterocycles. The zero-order chi connectivity index (χ0) is 20.7. The van der Waals surface area contributed by atoms with Crippen LogP contribution in [0.15, 0.2) is 36.4 Å². The molecule has 0 spiro atoms. The number of nitro benzene ring substituents is 1. The van der Waals surface area contributed by atoms with E-state index in [1.807, 2.05) is 0 Å². The summed E-state index contributed by atoms with van der Waals surface area (Å²) < 4.78 is 9.59. The number of carbonyl (C=O) groups excluding carboxylic acids is 3. The highest BCUT2D eigenvalue weighted by Gasteiger charge is 2.23. The fourth-order valence-electron chi connectivity index (χ4n) is 2.00. The maximum atomic E-state index is 11.9. The molecule has 2 rings (SSSR count). The van der Waals surface area contributed by atoms with Crippen molar-refractivity contribution in [1.29, 1.82) is 0 Å². The predicted octanol–water partition coefficient (Wildman–Crippen LogP) is 0.595. The van der Waals surface area contributed by atoms with E-state index in [1.165, 1.54) is 6.07 Å². The molecule has 0 saturated heterocycles. The predicted molar refractivity (Wildman–Crippen MR) is 88.0 cm³/mol. The highest BCUT2D eigenvalue weighted by Crippen LogP contribution is 2.26. The molecule has 12 nitrogen and oxygen atoms in total. The number of non-ortho nitro benzene ring substituents is 1. The van der Waals surface area contributed by atoms with Gasteiger partial charge in [0.05, 0.1) is 17.1 Å². The Bertz CT molecular complexity index is 928. The van der Waals surface area contributed by atoms with Crippen LogP contribution in [0.4, 0.5) is 5.69 Å². The van der Waals surface area contributed by atoms with E-state index in [-0.39, 0.29) is 34.1 Å². The number of carbonyl (C=O) groups is 3. The van der Waals surface area contributed by atoms with Gasteiger partial charge in [-0.3, -0.25) is 14.9 Å². The average Bonchev–Trinajstić information content (AvgIpc) is 2.69. The van der Waals surface area contributed by atoms with Gasteiger partial charge in [0.15, 0.2) is 12.0 Å². The van der Waals surface area contributed by atoms with Gasteiger partial charge >= 0.3 is 11.9 Å². The molecule has 0 atom stereocenters. The summed E-state index contributed by atoms with van der Waals surface area (Å²) in [5.41, 5.74) is -0.583. The summed E-state index contributed by atoms with van der Waals surface area (Å²) in [7, 11) is 0. The Hall–Kier alpha value is -3.87. The van der Waals surface area contributed by atoms with Crippen molar-refractivity contribution in [2.45, 2.75) is 6.61 Å². The summed E-state index contributed by atoms with van der Waals surface area (Å²) in [6.45, 7) is -0.681. The van der Waals surface area contributed by atoms with Gasteiger partial charge in [0, 0.05) is 17.7 Å². The zero-order valence-corrected chi connectivity index (χ0v) is 13.9. The van der Waals surface area contributed by atoms with E-state index in [9.17, 15) is 29.6 Å². The number of benzene rings is 2. The number of nitro groups is 1. The summed E-state index contributed by atoms with van der Waals surface area (Å²) in [6.07, 6.45) is 0.331. The average molecular weight is 392 g/mol. The van der Waals surface area contributed by atoms with Crippen LogP contribution in [0.5, 0.6) is 17.2 Å². The monoisotopic (exact) mass is 392 g/mol. The number of ether oxygens (including phenoxy) is 2. The van der Waals surface area contributed by atoms with E-state index in [1.54, 1.807) is 0 Å². The molecule has 0 bridgehead atoms. The van der Waals surface area contributed by atoms with E-state index < -0.39 is 23.5 Å². The topological polar surface area (TPSA) is 178 Å². The van der Waals surface area contributed by atoms with Crippen molar-refractivity contribution in [1.82, 2.24) is 0 Å². The number of aliphatic hydroxyl groups is 1. The van der Waals surface area contributed by atoms with Crippen molar-refractivity contribution in [3.63, 3.8) is 0 Å². The second kappa shape index (κ2) is 9.18. The number of hydrogen-bond donors (Lipinski definition) is 2. The summed E-state index contributed by atoms with van der Waals surface area (Å²) in [6, 6.07) is 6.58. The normalized spacial score (nSPS) is 10.1. The van der Waals surface area contributed by atoms with Crippen molar-refractivity contribution in [2.75, 3.05) is 0 Å². The molecule has 0 aromatic heterocycles. The van der Waals surface area contributed by atoms with Crippen LogP contribution < -0.4 is 20.3 Å². The van der Waals surface area contributed by atoms with Gasteiger partial charge in [0.2, 0.25) is 0 Å². The molecule has 0 aliphatic heterocycles. The molecule has 12 heteroatoms. The van der Waals surface area contributed by atoms with Crippen LogP contribution in [0.2, 0.25) is 0 Å². The Labute approximate surface area is 156 Å². The van der Waals surface area contributed by atoms with E-state index in [0.717, 1.165) is 30.3 Å². The zero-order valence-electron chi connectivity index (χ0n) is 13.9. The Morgan fingerprint density at radius 3 is 2.32 bits per heavy atom. The third-order valence-electron chi connectivity index (χ3n) is 3.25. The number of nitrogens with two attached hydrogens (primary N) is 1.